The van der Waals surface area contributed by atoms with Crippen molar-refractivity contribution < 1.29 is 19.1 Å². The predicted molar refractivity (Wildman–Crippen MR) is 93.4 cm³/mol. The van der Waals surface area contributed by atoms with Gasteiger partial charge in [0, 0.05) is 13.2 Å². The Kier molecular flexibility index (Phi) is 8.47. The van der Waals surface area contributed by atoms with E-state index in [4.69, 9.17) is 9.47 Å². The summed E-state index contributed by atoms with van der Waals surface area (Å²) < 4.78 is 10.6. The van der Waals surface area contributed by atoms with E-state index in [0.717, 1.165) is 17.5 Å². The number of carbonyl (C=O) groups is 2. The zero-order chi connectivity index (χ0) is 18.1. The molecule has 0 fully saturated rings. The molecule has 0 saturated carbocycles. The summed E-state index contributed by atoms with van der Waals surface area (Å²) in [6, 6.07) is 7.82. The third-order valence-corrected chi connectivity index (χ3v) is 3.77. The summed E-state index contributed by atoms with van der Waals surface area (Å²) in [5.74, 6) is -0.322. The van der Waals surface area contributed by atoms with E-state index in [-0.39, 0.29) is 5.91 Å². The minimum atomic E-state index is -0.849. The summed E-state index contributed by atoms with van der Waals surface area (Å²) in [5, 5.41) is 2.78. The van der Waals surface area contributed by atoms with Crippen LogP contribution in [0, 0.1) is 12.8 Å². The monoisotopic (exact) mass is 335 g/mol. The average molecular weight is 335 g/mol. The van der Waals surface area contributed by atoms with Crippen molar-refractivity contribution in [2.75, 3.05) is 6.61 Å². The van der Waals surface area contributed by atoms with E-state index in [0.29, 0.717) is 19.1 Å². The maximum Gasteiger partial charge on any atom is 0.335 e. The van der Waals surface area contributed by atoms with Gasteiger partial charge in [-0.25, -0.2) is 4.79 Å². The number of aryl methyl sites for hydroxylation is 1. The summed E-state index contributed by atoms with van der Waals surface area (Å²) in [7, 11) is 0. The Morgan fingerprint density at radius 1 is 1.08 bits per heavy atom. The highest BCUT2D eigenvalue weighted by atomic mass is 16.6. The zero-order valence-corrected chi connectivity index (χ0v) is 15.3. The highest BCUT2D eigenvalue weighted by Gasteiger charge is 2.22. The van der Waals surface area contributed by atoms with Crippen LogP contribution in [0.2, 0.25) is 0 Å². The van der Waals surface area contributed by atoms with E-state index in [9.17, 15) is 9.59 Å². The molecular formula is C19H29NO4. The van der Waals surface area contributed by atoms with Gasteiger partial charge in [-0.15, -0.1) is 0 Å². The lowest BCUT2D eigenvalue weighted by molar-refractivity contribution is -0.165. The quantitative estimate of drug-likeness (QED) is 0.705. The first-order valence-electron chi connectivity index (χ1n) is 8.45. The fraction of sp³-hybridized carbons (Fsp3) is 0.579. The van der Waals surface area contributed by atoms with Crippen molar-refractivity contribution in [3.05, 3.63) is 35.4 Å². The van der Waals surface area contributed by atoms with Crippen LogP contribution in [0.15, 0.2) is 24.3 Å². The van der Waals surface area contributed by atoms with Gasteiger partial charge in [0.25, 0.3) is 5.91 Å². The number of ether oxygens (including phenoxy) is 2. The molecule has 134 valence electrons. The molecule has 0 spiro atoms. The Morgan fingerprint density at radius 2 is 1.75 bits per heavy atom. The topological polar surface area (TPSA) is 64.6 Å². The third kappa shape index (κ3) is 7.13. The first kappa shape index (κ1) is 20.2. The fourth-order valence-electron chi connectivity index (χ4n) is 2.01. The standard InChI is InChI=1S/C19H29NO4/c1-13(2)10-11-23-16(5)19(22)24-15(4)18(21)20-12-17-9-7-6-8-14(17)3/h6-9,13,15-16H,10-12H2,1-5H3,(H,20,21). The van der Waals surface area contributed by atoms with Gasteiger partial charge >= 0.3 is 5.97 Å². The molecule has 0 aliphatic carbocycles. The maximum atomic E-state index is 12.1. The normalized spacial score (nSPS) is 13.4. The Hall–Kier alpha value is -1.88. The predicted octanol–water partition coefficient (Wildman–Crippen LogP) is 2.99. The first-order valence-corrected chi connectivity index (χ1v) is 8.45. The molecular weight excluding hydrogens is 306 g/mol. The minimum Gasteiger partial charge on any atom is -0.451 e. The van der Waals surface area contributed by atoms with Crippen molar-refractivity contribution in [3.8, 4) is 0 Å². The molecule has 5 heteroatoms. The van der Waals surface area contributed by atoms with Crippen molar-refractivity contribution in [2.24, 2.45) is 5.92 Å². The van der Waals surface area contributed by atoms with Crippen LogP contribution in [0.1, 0.15) is 45.2 Å². The van der Waals surface area contributed by atoms with Crippen molar-refractivity contribution in [1.82, 2.24) is 5.32 Å². The second-order valence-electron chi connectivity index (χ2n) is 6.42. The number of rotatable bonds is 9. The van der Waals surface area contributed by atoms with Crippen molar-refractivity contribution in [2.45, 2.75) is 59.8 Å². The molecule has 0 radical (unpaired) electrons. The second-order valence-corrected chi connectivity index (χ2v) is 6.42. The van der Waals surface area contributed by atoms with E-state index < -0.39 is 18.2 Å². The number of benzene rings is 1. The Morgan fingerprint density at radius 3 is 2.38 bits per heavy atom. The van der Waals surface area contributed by atoms with Gasteiger partial charge in [0.15, 0.2) is 12.2 Å². The molecule has 1 N–H and O–H groups in total. The lowest BCUT2D eigenvalue weighted by atomic mass is 10.1. The highest BCUT2D eigenvalue weighted by molar-refractivity contribution is 5.84. The number of nitrogens with one attached hydrogen (secondary N) is 1. The van der Waals surface area contributed by atoms with Gasteiger partial charge in [-0.3, -0.25) is 4.79 Å². The Balaban J connectivity index is 2.37. The van der Waals surface area contributed by atoms with Gasteiger partial charge in [0.1, 0.15) is 0 Å². The second kappa shape index (κ2) is 10.1. The Bertz CT molecular complexity index is 542. The molecule has 1 aromatic carbocycles. The molecule has 0 aromatic heterocycles. The van der Waals surface area contributed by atoms with Crippen LogP contribution in [0.3, 0.4) is 0 Å². The van der Waals surface area contributed by atoms with Gasteiger partial charge in [0.05, 0.1) is 0 Å². The van der Waals surface area contributed by atoms with Gasteiger partial charge < -0.3 is 14.8 Å². The summed E-state index contributed by atoms with van der Waals surface area (Å²) in [6.07, 6.45) is -0.641. The molecule has 24 heavy (non-hydrogen) atoms. The third-order valence-electron chi connectivity index (χ3n) is 3.77. The van der Waals surface area contributed by atoms with Crippen LogP contribution < -0.4 is 5.32 Å². The van der Waals surface area contributed by atoms with E-state index in [2.05, 4.69) is 19.2 Å². The summed E-state index contributed by atoms with van der Waals surface area (Å²) in [4.78, 5) is 24.0. The zero-order valence-electron chi connectivity index (χ0n) is 15.3. The molecule has 1 aromatic rings. The maximum absolute atomic E-state index is 12.1. The number of hydrogen-bond acceptors (Lipinski definition) is 4. The molecule has 0 bridgehead atoms. The SMILES string of the molecule is Cc1ccccc1CNC(=O)C(C)OC(=O)C(C)OCCC(C)C. The van der Waals surface area contributed by atoms with Gasteiger partial charge in [-0.2, -0.15) is 0 Å². The van der Waals surface area contributed by atoms with Crippen molar-refractivity contribution >= 4 is 11.9 Å². The molecule has 2 atom stereocenters. The largest absolute Gasteiger partial charge is 0.451 e. The molecule has 2 unspecified atom stereocenters. The summed E-state index contributed by atoms with van der Waals surface area (Å²) >= 11 is 0. The van der Waals surface area contributed by atoms with Crippen molar-refractivity contribution in [1.29, 1.82) is 0 Å². The molecule has 0 aliphatic heterocycles. The van der Waals surface area contributed by atoms with Gasteiger partial charge in [-0.05, 0) is 44.2 Å². The van der Waals surface area contributed by atoms with Crippen LogP contribution in [-0.4, -0.2) is 30.7 Å². The van der Waals surface area contributed by atoms with Gasteiger partial charge in [0.2, 0.25) is 0 Å². The molecule has 0 heterocycles. The van der Waals surface area contributed by atoms with E-state index >= 15 is 0 Å². The number of carbonyl (C=O) groups excluding carboxylic acids is 2. The smallest absolute Gasteiger partial charge is 0.335 e. The number of amides is 1. The van der Waals surface area contributed by atoms with Gasteiger partial charge in [-0.1, -0.05) is 38.1 Å². The number of hydrogen-bond donors (Lipinski definition) is 1. The minimum absolute atomic E-state index is 0.319. The van der Waals surface area contributed by atoms with Crippen LogP contribution >= 0.6 is 0 Å². The van der Waals surface area contributed by atoms with Crippen molar-refractivity contribution in [3.63, 3.8) is 0 Å². The van der Waals surface area contributed by atoms with Crippen LogP contribution in [0.4, 0.5) is 0 Å². The molecule has 0 saturated heterocycles. The molecule has 0 aliphatic rings. The van der Waals surface area contributed by atoms with E-state index in [1.165, 1.54) is 0 Å². The summed E-state index contributed by atoms with van der Waals surface area (Å²) in [6.45, 7) is 10.3. The lowest BCUT2D eigenvalue weighted by Gasteiger charge is -2.17. The van der Waals surface area contributed by atoms with Crippen LogP contribution in [-0.2, 0) is 25.6 Å². The average Bonchev–Trinajstić information content (AvgIpc) is 2.53. The van der Waals surface area contributed by atoms with Crippen LogP contribution in [0.5, 0.6) is 0 Å². The van der Waals surface area contributed by atoms with E-state index in [1.807, 2.05) is 31.2 Å². The fourth-order valence-corrected chi connectivity index (χ4v) is 2.01. The first-order chi connectivity index (χ1) is 11.3. The summed E-state index contributed by atoms with van der Waals surface area (Å²) in [5.41, 5.74) is 2.14. The molecule has 1 rings (SSSR count). The van der Waals surface area contributed by atoms with E-state index in [1.54, 1.807) is 13.8 Å². The Labute approximate surface area is 144 Å². The number of esters is 1. The molecule has 5 nitrogen and oxygen atoms in total. The van der Waals surface area contributed by atoms with Crippen LogP contribution in [0.25, 0.3) is 0 Å². The molecule has 1 amide bonds. The lowest BCUT2D eigenvalue weighted by Crippen LogP contribution is -2.38. The highest BCUT2D eigenvalue weighted by Crippen LogP contribution is 2.07.